The van der Waals surface area contributed by atoms with Gasteiger partial charge in [0.25, 0.3) is 0 Å². The minimum Gasteiger partial charge on any atom is -0.480 e. The molecular weight excluding hydrogens is 850 g/mol. The summed E-state index contributed by atoms with van der Waals surface area (Å²) in [5, 5.41) is 66.0. The molecule has 2 heterocycles. The van der Waals surface area contributed by atoms with Gasteiger partial charge in [-0.2, -0.15) is 0 Å². The summed E-state index contributed by atoms with van der Waals surface area (Å²) in [5.74, 6) is -8.69. The number of amides is 3. The fourth-order valence-corrected chi connectivity index (χ4v) is 7.45. The molecule has 64 heavy (non-hydrogen) atoms. The van der Waals surface area contributed by atoms with E-state index in [1.54, 1.807) is 34.3 Å². The highest BCUT2D eigenvalue weighted by Crippen LogP contribution is 2.12. The molecule has 3 amide bonds. The van der Waals surface area contributed by atoms with Crippen LogP contribution in [-0.4, -0.2) is 293 Å². The van der Waals surface area contributed by atoms with Crippen LogP contribution in [0.3, 0.4) is 0 Å². The lowest BCUT2D eigenvalue weighted by Gasteiger charge is -2.40. The van der Waals surface area contributed by atoms with Gasteiger partial charge in [-0.15, -0.1) is 0 Å². The molecule has 26 nitrogen and oxygen atoms in total. The molecule has 0 aromatic heterocycles. The van der Waals surface area contributed by atoms with E-state index in [4.69, 9.17) is 0 Å². The molecule has 0 radical (unpaired) electrons. The van der Waals surface area contributed by atoms with Gasteiger partial charge in [0.1, 0.15) is 0 Å². The normalized spacial score (nSPS) is 19.6. The van der Waals surface area contributed by atoms with Crippen LogP contribution in [0.2, 0.25) is 0 Å². The topological polar surface area (TPSA) is 337 Å². The predicted molar refractivity (Wildman–Crippen MR) is 225 cm³/mol. The third-order valence-corrected chi connectivity index (χ3v) is 10.7. The predicted octanol–water partition coefficient (Wildman–Crippen LogP) is -5.73. The highest BCUT2D eigenvalue weighted by atomic mass is 16.4. The Morgan fingerprint density at radius 2 is 0.625 bits per heavy atom. The Labute approximate surface area is 371 Å². The van der Waals surface area contributed by atoms with Crippen molar-refractivity contribution in [2.24, 2.45) is 5.92 Å². The third-order valence-electron chi connectivity index (χ3n) is 10.7. The van der Waals surface area contributed by atoms with Gasteiger partial charge < -0.3 is 46.6 Å². The number of carbonyl (C=O) groups is 9. The van der Waals surface area contributed by atoms with Gasteiger partial charge in [0.05, 0.1) is 52.0 Å². The molecule has 364 valence electrons. The Morgan fingerprint density at radius 3 is 0.875 bits per heavy atom. The molecule has 0 aliphatic carbocycles. The Morgan fingerprint density at radius 1 is 0.375 bits per heavy atom. The number of hydrogen-bond donors (Lipinski definition) is 9. The monoisotopic (exact) mass is 917 g/mol. The molecule has 0 saturated carbocycles. The van der Waals surface area contributed by atoms with E-state index in [0.29, 0.717) is 0 Å². The molecule has 0 aromatic carbocycles. The first-order valence-corrected chi connectivity index (χ1v) is 21.1. The number of nitrogens with zero attached hydrogens (tertiary/aromatic N) is 8. The molecule has 0 spiro atoms. The van der Waals surface area contributed by atoms with Gasteiger partial charge in [-0.1, -0.05) is 0 Å². The lowest BCUT2D eigenvalue weighted by molar-refractivity contribution is -0.140. The second kappa shape index (κ2) is 29.4. The van der Waals surface area contributed by atoms with Crippen molar-refractivity contribution < 1.29 is 73.8 Å². The smallest absolute Gasteiger partial charge is 0.317 e. The molecular formula is C38H67N11O15. The quantitative estimate of drug-likeness (QED) is 0.0518. The molecule has 2 aliphatic heterocycles. The molecule has 26 heteroatoms. The highest BCUT2D eigenvalue weighted by Gasteiger charge is 2.31. The van der Waals surface area contributed by atoms with E-state index in [1.165, 1.54) is 13.8 Å². The van der Waals surface area contributed by atoms with Crippen molar-refractivity contribution in [2.45, 2.75) is 20.0 Å². The number of aliphatic carboxylic acids is 6. The summed E-state index contributed by atoms with van der Waals surface area (Å²) in [6, 6.07) is 0. The van der Waals surface area contributed by atoms with E-state index in [1.807, 2.05) is 4.90 Å². The maximum absolute atomic E-state index is 13.8. The summed E-state index contributed by atoms with van der Waals surface area (Å²) in [5.41, 5.74) is 0. The van der Waals surface area contributed by atoms with Crippen LogP contribution in [0.4, 0.5) is 0 Å². The minimum atomic E-state index is -1.12. The van der Waals surface area contributed by atoms with E-state index in [2.05, 4.69) is 16.0 Å². The van der Waals surface area contributed by atoms with Crippen LogP contribution >= 0.6 is 0 Å². The van der Waals surface area contributed by atoms with Crippen LogP contribution in [-0.2, 0) is 43.2 Å². The van der Waals surface area contributed by atoms with Crippen molar-refractivity contribution >= 4 is 53.5 Å². The average molecular weight is 918 g/mol. The van der Waals surface area contributed by atoms with Crippen molar-refractivity contribution in [3.05, 3.63) is 0 Å². The first-order chi connectivity index (χ1) is 30.2. The van der Waals surface area contributed by atoms with Crippen LogP contribution in [0.1, 0.15) is 13.8 Å². The first kappa shape index (κ1) is 55.0. The maximum atomic E-state index is 13.8. The van der Waals surface area contributed by atoms with Crippen LogP contribution in [0, 0.1) is 5.92 Å². The van der Waals surface area contributed by atoms with E-state index in [0.717, 1.165) is 0 Å². The van der Waals surface area contributed by atoms with Crippen LogP contribution in [0.25, 0.3) is 0 Å². The van der Waals surface area contributed by atoms with E-state index in [-0.39, 0.29) is 164 Å². The largest absolute Gasteiger partial charge is 0.480 e. The third kappa shape index (κ3) is 24.7. The van der Waals surface area contributed by atoms with Crippen LogP contribution < -0.4 is 16.0 Å². The molecule has 2 fully saturated rings. The number of nitrogens with one attached hydrogen (secondary N) is 3. The van der Waals surface area contributed by atoms with Crippen molar-refractivity contribution in [1.82, 2.24) is 55.1 Å². The van der Waals surface area contributed by atoms with Crippen LogP contribution in [0.5, 0.6) is 0 Å². The number of carbonyl (C=O) groups excluding carboxylic acids is 3. The van der Waals surface area contributed by atoms with Crippen molar-refractivity contribution in [1.29, 1.82) is 0 Å². The lowest BCUT2D eigenvalue weighted by Crippen LogP contribution is -2.60. The number of rotatable bonds is 21. The fraction of sp³-hybridized carbons (Fsp3) is 0.763. The SMILES string of the molecule is CC(=O)NCC(CNC(=O)CN1CCN(CC(=O)O)CCN(CC(=O)O)CCN(CC(=O)O)CC1)C(NC(C)=O)N1CCN(CC(=O)O)CCN(CC(=O)O)CCN(CC(=O)O)CC1. The van der Waals surface area contributed by atoms with Crippen LogP contribution in [0.15, 0.2) is 0 Å². The van der Waals surface area contributed by atoms with Gasteiger partial charge in [-0.3, -0.25) is 82.4 Å². The zero-order chi connectivity index (χ0) is 47.8. The molecule has 9 N–H and O–H groups in total. The Hall–Kier alpha value is -5.09. The first-order valence-electron chi connectivity index (χ1n) is 21.1. The number of hydrogen-bond acceptors (Lipinski definition) is 17. The van der Waals surface area contributed by atoms with Crippen molar-refractivity contribution in [3.8, 4) is 0 Å². The summed E-state index contributed by atoms with van der Waals surface area (Å²) in [4.78, 5) is 122. The second-order valence-corrected chi connectivity index (χ2v) is 16.0. The van der Waals surface area contributed by atoms with Gasteiger partial charge in [0.15, 0.2) is 0 Å². The molecule has 0 aromatic rings. The van der Waals surface area contributed by atoms with E-state index < -0.39 is 65.6 Å². The van der Waals surface area contributed by atoms with Gasteiger partial charge in [0.2, 0.25) is 17.7 Å². The van der Waals surface area contributed by atoms with Gasteiger partial charge >= 0.3 is 35.8 Å². The zero-order valence-electron chi connectivity index (χ0n) is 36.8. The summed E-state index contributed by atoms with van der Waals surface area (Å²) < 4.78 is 0. The zero-order valence-corrected chi connectivity index (χ0v) is 36.8. The molecule has 2 atom stereocenters. The lowest BCUT2D eigenvalue weighted by atomic mass is 10.0. The Balaban J connectivity index is 2.41. The summed E-state index contributed by atoms with van der Waals surface area (Å²) in [6.07, 6.45) is -0.897. The summed E-state index contributed by atoms with van der Waals surface area (Å²) in [7, 11) is 0. The molecule has 2 aliphatic rings. The Kier molecular flexibility index (Phi) is 25.3. The fourth-order valence-electron chi connectivity index (χ4n) is 7.45. The molecule has 2 saturated heterocycles. The van der Waals surface area contributed by atoms with Gasteiger partial charge in [-0.25, -0.2) is 0 Å². The van der Waals surface area contributed by atoms with E-state index in [9.17, 15) is 73.8 Å². The van der Waals surface area contributed by atoms with Crippen molar-refractivity contribution in [2.75, 3.05) is 164 Å². The maximum Gasteiger partial charge on any atom is 0.317 e. The average Bonchev–Trinajstić information content (AvgIpc) is 3.17. The molecule has 2 unspecified atom stereocenters. The van der Waals surface area contributed by atoms with Crippen molar-refractivity contribution in [3.63, 3.8) is 0 Å². The standard InChI is InChI=1S/C38H67N11O15/c1-28(50)39-19-30(20-40-31(52)21-42-3-5-43(22-32(53)54)7-9-45(24-34(57)58)10-8-44(6-4-42)23-33(55)56)38(41-29(2)51)49-17-15-47(26-36(61)62)13-11-46(25-35(59)60)12-14-48(16-18-49)27-37(63)64/h30,38H,3-27H2,1-2H3,(H,39,50)(H,40,52)(H,41,51)(H,53,54)(H,55,56)(H,57,58)(H,59,60)(H,61,62)(H,63,64). The summed E-state index contributed by atoms with van der Waals surface area (Å²) >= 11 is 0. The van der Waals surface area contributed by atoms with Gasteiger partial charge in [-0.05, 0) is 0 Å². The highest BCUT2D eigenvalue weighted by molar-refractivity contribution is 5.78. The second-order valence-electron chi connectivity index (χ2n) is 16.0. The molecule has 0 bridgehead atoms. The van der Waals surface area contributed by atoms with E-state index >= 15 is 0 Å². The molecule has 2 rings (SSSR count). The minimum absolute atomic E-state index is 0.0458. The Bertz CT molecular complexity index is 1510. The summed E-state index contributed by atoms with van der Waals surface area (Å²) in [6.45, 7) is 2.80. The number of carboxylic acids is 6. The van der Waals surface area contributed by atoms with Gasteiger partial charge in [0, 0.05) is 138 Å². The number of carboxylic acid groups (broad SMARTS) is 6.